The van der Waals surface area contributed by atoms with E-state index in [1.54, 1.807) is 0 Å². The molecule has 1 amide bonds. The molecule has 6 heteroatoms. The van der Waals surface area contributed by atoms with Crippen LogP contribution in [0.1, 0.15) is 36.0 Å². The Bertz CT molecular complexity index is 744. The molecule has 1 saturated heterocycles. The van der Waals surface area contributed by atoms with Crippen LogP contribution in [0.4, 0.5) is 0 Å². The summed E-state index contributed by atoms with van der Waals surface area (Å²) in [5.41, 5.74) is 4.76. The van der Waals surface area contributed by atoms with Gasteiger partial charge < -0.3 is 14.7 Å². The maximum absolute atomic E-state index is 12.3. The molecule has 146 valence electrons. The minimum Gasteiger partial charge on any atom is -0.481 e. The van der Waals surface area contributed by atoms with Crippen molar-refractivity contribution in [2.24, 2.45) is 16.8 Å². The quantitative estimate of drug-likeness (QED) is 0.831. The molecule has 3 rings (SSSR count). The molecule has 0 unspecified atom stereocenters. The van der Waals surface area contributed by atoms with Crippen LogP contribution in [-0.2, 0) is 20.7 Å². The van der Waals surface area contributed by atoms with E-state index in [2.05, 4.69) is 25.1 Å². The topological polar surface area (TPSA) is 79.2 Å². The Hall–Kier alpha value is -2.21. The van der Waals surface area contributed by atoms with Crippen molar-refractivity contribution in [3.05, 3.63) is 34.9 Å². The Balaban J connectivity index is 1.80. The number of aliphatic imine (C=N–C) groups is 1. The molecule has 2 atom stereocenters. The molecular formula is C21H28N2O4. The summed E-state index contributed by atoms with van der Waals surface area (Å²) < 4.78 is 4.98. The first kappa shape index (κ1) is 19.5. The van der Waals surface area contributed by atoms with E-state index in [1.807, 2.05) is 4.90 Å². The third-order valence-electron chi connectivity index (χ3n) is 5.66. The van der Waals surface area contributed by atoms with Crippen molar-refractivity contribution in [1.82, 2.24) is 4.90 Å². The lowest BCUT2D eigenvalue weighted by molar-refractivity contribution is -0.140. The highest BCUT2D eigenvalue weighted by Crippen LogP contribution is 2.32. The number of nitrogens with zero attached hydrogens (tertiary/aromatic N) is 2. The number of likely N-dealkylation sites (tertiary alicyclic amines) is 1. The van der Waals surface area contributed by atoms with E-state index < -0.39 is 5.97 Å². The molecule has 0 radical (unpaired) electrons. The van der Waals surface area contributed by atoms with Gasteiger partial charge in [-0.05, 0) is 55.2 Å². The van der Waals surface area contributed by atoms with Crippen molar-refractivity contribution >= 4 is 17.6 Å². The summed E-state index contributed by atoms with van der Waals surface area (Å²) in [6.45, 7) is 4.08. The van der Waals surface area contributed by atoms with Crippen LogP contribution in [0.15, 0.2) is 23.2 Å². The molecule has 2 aliphatic rings. The first-order chi connectivity index (χ1) is 13.0. The zero-order chi connectivity index (χ0) is 19.4. The van der Waals surface area contributed by atoms with Crippen LogP contribution in [0.2, 0.25) is 0 Å². The van der Waals surface area contributed by atoms with Gasteiger partial charge in [-0.3, -0.25) is 14.6 Å². The summed E-state index contributed by atoms with van der Waals surface area (Å²) in [4.78, 5) is 30.2. The van der Waals surface area contributed by atoms with Crippen LogP contribution >= 0.6 is 0 Å². The fourth-order valence-electron chi connectivity index (χ4n) is 4.24. The molecule has 1 fully saturated rings. The van der Waals surface area contributed by atoms with Crippen molar-refractivity contribution in [2.45, 2.75) is 32.6 Å². The summed E-state index contributed by atoms with van der Waals surface area (Å²) in [5, 5.41) is 9.31. The largest absolute Gasteiger partial charge is 0.481 e. The van der Waals surface area contributed by atoms with Crippen molar-refractivity contribution in [2.75, 3.05) is 33.4 Å². The third kappa shape index (κ3) is 4.75. The van der Waals surface area contributed by atoms with E-state index in [1.165, 1.54) is 23.8 Å². The first-order valence-corrected chi connectivity index (χ1v) is 9.59. The summed E-state index contributed by atoms with van der Waals surface area (Å²) in [5.74, 6) is -0.644. The lowest BCUT2D eigenvalue weighted by atomic mass is 9.78. The van der Waals surface area contributed by atoms with E-state index in [0.29, 0.717) is 25.9 Å². The van der Waals surface area contributed by atoms with Gasteiger partial charge in [0.05, 0.1) is 0 Å². The van der Waals surface area contributed by atoms with Crippen LogP contribution in [0, 0.1) is 18.8 Å². The average Bonchev–Trinajstić information content (AvgIpc) is 2.63. The molecule has 1 N–H and O–H groups in total. The van der Waals surface area contributed by atoms with E-state index in [-0.39, 0.29) is 30.8 Å². The second-order valence-electron chi connectivity index (χ2n) is 7.62. The predicted molar refractivity (Wildman–Crippen MR) is 103 cm³/mol. The number of fused-ring (bicyclic) bond motifs is 1. The summed E-state index contributed by atoms with van der Waals surface area (Å²) >= 11 is 0. The van der Waals surface area contributed by atoms with E-state index >= 15 is 0 Å². The van der Waals surface area contributed by atoms with Gasteiger partial charge in [-0.1, -0.05) is 17.7 Å². The van der Waals surface area contributed by atoms with Crippen LogP contribution in [0.3, 0.4) is 0 Å². The van der Waals surface area contributed by atoms with Gasteiger partial charge in [0.15, 0.2) is 0 Å². The lowest BCUT2D eigenvalue weighted by Gasteiger charge is -2.38. The van der Waals surface area contributed by atoms with Crippen LogP contribution < -0.4 is 0 Å². The molecule has 0 spiro atoms. The smallest absolute Gasteiger partial charge is 0.303 e. The Kier molecular flexibility index (Phi) is 6.26. The highest BCUT2D eigenvalue weighted by Gasteiger charge is 2.34. The number of carboxylic acid groups (broad SMARTS) is 1. The summed E-state index contributed by atoms with van der Waals surface area (Å²) in [6, 6.07) is 6.47. The van der Waals surface area contributed by atoms with E-state index in [9.17, 15) is 14.7 Å². The Morgan fingerprint density at radius 2 is 2.15 bits per heavy atom. The van der Waals surface area contributed by atoms with Gasteiger partial charge in [-0.15, -0.1) is 0 Å². The molecule has 27 heavy (non-hydrogen) atoms. The van der Waals surface area contributed by atoms with Crippen LogP contribution in [0.5, 0.6) is 0 Å². The maximum atomic E-state index is 12.3. The first-order valence-electron chi connectivity index (χ1n) is 9.59. The zero-order valence-electron chi connectivity index (χ0n) is 16.1. The number of rotatable bonds is 6. The number of carboxylic acids is 1. The molecule has 0 aromatic heterocycles. The number of carbonyl (C=O) groups excluding carboxylic acids is 1. The second kappa shape index (κ2) is 8.65. The number of ether oxygens (including phenoxy) is 1. The Morgan fingerprint density at radius 1 is 1.33 bits per heavy atom. The standard InChI is InChI=1S/C21H28N2O4/c1-14-3-4-15-5-7-22-19(18(15)9-14)10-17-12-23(20(24)13-27-2)8-6-16(17)11-21(25)26/h3-4,9,16-17H,5-8,10-13H2,1-2H3,(H,25,26)/t16-,17-/m0/s1. The zero-order valence-corrected chi connectivity index (χ0v) is 16.1. The molecule has 2 heterocycles. The van der Waals surface area contributed by atoms with Gasteiger partial charge in [-0.25, -0.2) is 0 Å². The maximum Gasteiger partial charge on any atom is 0.303 e. The van der Waals surface area contributed by atoms with Crippen molar-refractivity contribution in [1.29, 1.82) is 0 Å². The van der Waals surface area contributed by atoms with Gasteiger partial charge in [0.25, 0.3) is 0 Å². The van der Waals surface area contributed by atoms with Crippen molar-refractivity contribution in [3.63, 3.8) is 0 Å². The fraction of sp³-hybridized carbons (Fsp3) is 0.571. The van der Waals surface area contributed by atoms with Crippen molar-refractivity contribution in [3.8, 4) is 0 Å². The van der Waals surface area contributed by atoms with Gasteiger partial charge in [0.1, 0.15) is 6.61 Å². The molecule has 0 bridgehead atoms. The minimum atomic E-state index is -0.775. The SMILES string of the molecule is COCC(=O)N1CC[C@@H](CC(=O)O)[C@@H](CC2=NCCc3ccc(C)cc32)C1. The Labute approximate surface area is 160 Å². The molecule has 6 nitrogen and oxygen atoms in total. The number of amides is 1. The Morgan fingerprint density at radius 3 is 2.89 bits per heavy atom. The normalized spacial score (nSPS) is 22.1. The van der Waals surface area contributed by atoms with E-state index in [4.69, 9.17) is 9.73 Å². The van der Waals surface area contributed by atoms with E-state index in [0.717, 1.165) is 18.7 Å². The number of methoxy groups -OCH3 is 1. The van der Waals surface area contributed by atoms with Gasteiger partial charge >= 0.3 is 5.97 Å². The third-order valence-corrected chi connectivity index (χ3v) is 5.66. The monoisotopic (exact) mass is 372 g/mol. The number of hydrogen-bond donors (Lipinski definition) is 1. The molecule has 1 aromatic carbocycles. The average molecular weight is 372 g/mol. The lowest BCUT2D eigenvalue weighted by Crippen LogP contribution is -2.46. The molecular weight excluding hydrogens is 344 g/mol. The highest BCUT2D eigenvalue weighted by molar-refractivity contribution is 6.03. The van der Waals surface area contributed by atoms with Gasteiger partial charge in [-0.2, -0.15) is 0 Å². The van der Waals surface area contributed by atoms with Gasteiger partial charge in [0, 0.05) is 38.9 Å². The predicted octanol–water partition coefficient (Wildman–Crippen LogP) is 2.32. The van der Waals surface area contributed by atoms with Crippen LogP contribution in [-0.4, -0.2) is 60.9 Å². The number of aryl methyl sites for hydroxylation is 1. The second-order valence-corrected chi connectivity index (χ2v) is 7.62. The summed E-state index contributed by atoms with van der Waals surface area (Å²) in [6.07, 6.45) is 2.51. The number of carbonyl (C=O) groups is 2. The molecule has 2 aliphatic heterocycles. The number of piperidine rings is 1. The minimum absolute atomic E-state index is 0.0295. The number of hydrogen-bond acceptors (Lipinski definition) is 4. The van der Waals surface area contributed by atoms with Gasteiger partial charge in [0.2, 0.25) is 5.91 Å². The molecule has 0 saturated carbocycles. The number of aliphatic carboxylic acids is 1. The molecule has 0 aliphatic carbocycles. The molecule has 1 aromatic rings. The number of benzene rings is 1. The fourth-order valence-corrected chi connectivity index (χ4v) is 4.24. The highest BCUT2D eigenvalue weighted by atomic mass is 16.5. The summed E-state index contributed by atoms with van der Waals surface area (Å²) in [7, 11) is 1.52. The van der Waals surface area contributed by atoms with Crippen LogP contribution in [0.25, 0.3) is 0 Å². The van der Waals surface area contributed by atoms with Crippen molar-refractivity contribution < 1.29 is 19.4 Å².